The van der Waals surface area contributed by atoms with Crippen LogP contribution in [0.4, 0.5) is 5.82 Å². The van der Waals surface area contributed by atoms with Crippen molar-refractivity contribution >= 4 is 28.5 Å². The van der Waals surface area contributed by atoms with Crippen LogP contribution in [0.2, 0.25) is 0 Å². The van der Waals surface area contributed by atoms with Gasteiger partial charge in [-0.05, 0) is 17.7 Å². The lowest BCUT2D eigenvalue weighted by Crippen LogP contribution is -2.32. The van der Waals surface area contributed by atoms with Gasteiger partial charge in [0.15, 0.2) is 5.82 Å². The Morgan fingerprint density at radius 1 is 1.16 bits per heavy atom. The number of hydrogen-bond acceptors (Lipinski definition) is 3. The van der Waals surface area contributed by atoms with Gasteiger partial charge in [0.05, 0.1) is 11.4 Å². The number of rotatable bonds is 4. The van der Waals surface area contributed by atoms with Crippen LogP contribution in [0.3, 0.4) is 0 Å². The van der Waals surface area contributed by atoms with Crippen molar-refractivity contribution in [2.75, 3.05) is 11.4 Å². The molecule has 1 aromatic heterocycles. The predicted octanol–water partition coefficient (Wildman–Crippen LogP) is 2.23. The first kappa shape index (κ1) is 15.4. The summed E-state index contributed by atoms with van der Waals surface area (Å²) in [6.07, 6.45) is 0.210. The van der Waals surface area contributed by atoms with Crippen LogP contribution in [0.15, 0.2) is 54.6 Å². The molecule has 0 aliphatic carbocycles. The van der Waals surface area contributed by atoms with Gasteiger partial charge in [-0.2, -0.15) is 5.10 Å². The van der Waals surface area contributed by atoms with E-state index in [4.69, 9.17) is 0 Å². The zero-order valence-electron chi connectivity index (χ0n) is 13.6. The van der Waals surface area contributed by atoms with Gasteiger partial charge in [-0.15, -0.1) is 0 Å². The third-order valence-corrected chi connectivity index (χ3v) is 4.51. The molecule has 4 rings (SSSR count). The third kappa shape index (κ3) is 2.98. The molecule has 6 nitrogen and oxygen atoms in total. The van der Waals surface area contributed by atoms with E-state index in [0.29, 0.717) is 18.9 Å². The number of aromatic amines is 1. The Balaban J connectivity index is 1.46. The molecule has 25 heavy (non-hydrogen) atoms. The quantitative estimate of drug-likeness (QED) is 0.768. The van der Waals surface area contributed by atoms with E-state index in [1.807, 2.05) is 54.6 Å². The molecule has 0 spiro atoms. The summed E-state index contributed by atoms with van der Waals surface area (Å²) in [6.45, 7) is 0.823. The summed E-state index contributed by atoms with van der Waals surface area (Å²) in [5, 5.41) is 11.0. The number of amides is 2. The molecule has 1 aliphatic rings. The van der Waals surface area contributed by atoms with Crippen molar-refractivity contribution in [3.8, 4) is 0 Å². The summed E-state index contributed by atoms with van der Waals surface area (Å²) in [4.78, 5) is 26.4. The number of para-hydroxylation sites is 1. The average Bonchev–Trinajstić information content (AvgIpc) is 3.24. The number of fused-ring (bicyclic) bond motifs is 1. The SMILES string of the molecule is O=C(NCc1ccccc1)[C@@H]1CC(=O)N(c2n[nH]c3ccccc23)C1. The smallest absolute Gasteiger partial charge is 0.229 e. The second kappa shape index (κ2) is 6.39. The highest BCUT2D eigenvalue weighted by Crippen LogP contribution is 2.29. The van der Waals surface area contributed by atoms with E-state index in [1.54, 1.807) is 4.90 Å². The zero-order chi connectivity index (χ0) is 17.2. The third-order valence-electron chi connectivity index (χ3n) is 4.51. The highest BCUT2D eigenvalue weighted by molar-refractivity contribution is 6.05. The number of carbonyl (C=O) groups excluding carboxylic acids is 2. The molecule has 1 saturated heterocycles. The van der Waals surface area contributed by atoms with Crippen LogP contribution in [-0.2, 0) is 16.1 Å². The highest BCUT2D eigenvalue weighted by Gasteiger charge is 2.36. The van der Waals surface area contributed by atoms with Gasteiger partial charge >= 0.3 is 0 Å². The normalized spacial score (nSPS) is 17.2. The number of aromatic nitrogens is 2. The van der Waals surface area contributed by atoms with Crippen molar-refractivity contribution in [1.29, 1.82) is 0 Å². The van der Waals surface area contributed by atoms with Crippen LogP contribution >= 0.6 is 0 Å². The Morgan fingerprint density at radius 2 is 1.92 bits per heavy atom. The fourth-order valence-electron chi connectivity index (χ4n) is 3.17. The number of hydrogen-bond donors (Lipinski definition) is 2. The lowest BCUT2D eigenvalue weighted by atomic mass is 10.1. The topological polar surface area (TPSA) is 78.1 Å². The maximum atomic E-state index is 12.4. The van der Waals surface area contributed by atoms with Gasteiger partial charge in [-0.1, -0.05) is 42.5 Å². The van der Waals surface area contributed by atoms with Crippen LogP contribution in [0.1, 0.15) is 12.0 Å². The van der Waals surface area contributed by atoms with Crippen LogP contribution in [0.25, 0.3) is 10.9 Å². The molecule has 126 valence electrons. The Bertz CT molecular complexity index is 919. The minimum Gasteiger partial charge on any atom is -0.352 e. The Hall–Kier alpha value is -3.15. The van der Waals surface area contributed by atoms with Gasteiger partial charge in [0.2, 0.25) is 11.8 Å². The van der Waals surface area contributed by atoms with Crippen LogP contribution in [0, 0.1) is 5.92 Å². The molecule has 1 atom stereocenters. The summed E-state index contributed by atoms with van der Waals surface area (Å²) in [6, 6.07) is 17.4. The molecule has 2 amide bonds. The van der Waals surface area contributed by atoms with Crippen molar-refractivity contribution in [3.05, 3.63) is 60.2 Å². The minimum atomic E-state index is -0.355. The molecular weight excluding hydrogens is 316 g/mol. The number of benzene rings is 2. The molecule has 2 N–H and O–H groups in total. The maximum Gasteiger partial charge on any atom is 0.229 e. The molecule has 2 heterocycles. The van der Waals surface area contributed by atoms with Crippen LogP contribution in [0.5, 0.6) is 0 Å². The van der Waals surface area contributed by atoms with Gasteiger partial charge in [0.25, 0.3) is 0 Å². The first-order chi connectivity index (χ1) is 12.2. The molecular formula is C19H18N4O2. The highest BCUT2D eigenvalue weighted by atomic mass is 16.2. The van der Waals surface area contributed by atoms with E-state index in [9.17, 15) is 9.59 Å². The molecule has 1 fully saturated rings. The fourth-order valence-corrected chi connectivity index (χ4v) is 3.17. The van der Waals surface area contributed by atoms with Crippen molar-refractivity contribution in [2.45, 2.75) is 13.0 Å². The van der Waals surface area contributed by atoms with Gasteiger partial charge < -0.3 is 5.32 Å². The monoisotopic (exact) mass is 334 g/mol. The van der Waals surface area contributed by atoms with Crippen molar-refractivity contribution in [3.63, 3.8) is 0 Å². The van der Waals surface area contributed by atoms with E-state index >= 15 is 0 Å². The lowest BCUT2D eigenvalue weighted by molar-refractivity contribution is -0.126. The molecule has 0 unspecified atom stereocenters. The lowest BCUT2D eigenvalue weighted by Gasteiger charge is -2.14. The minimum absolute atomic E-state index is 0.0721. The fraction of sp³-hybridized carbons (Fsp3) is 0.211. The average molecular weight is 334 g/mol. The summed E-state index contributed by atoms with van der Waals surface area (Å²) >= 11 is 0. The summed E-state index contributed by atoms with van der Waals surface area (Å²) in [7, 11) is 0. The first-order valence-corrected chi connectivity index (χ1v) is 8.27. The van der Waals surface area contributed by atoms with E-state index < -0.39 is 0 Å². The summed E-state index contributed by atoms with van der Waals surface area (Å²) in [5.74, 6) is 0.0716. The molecule has 0 bridgehead atoms. The van der Waals surface area contributed by atoms with Crippen LogP contribution < -0.4 is 10.2 Å². The molecule has 2 aromatic carbocycles. The van der Waals surface area contributed by atoms with E-state index in [0.717, 1.165) is 16.5 Å². The molecule has 0 saturated carbocycles. The second-order valence-electron chi connectivity index (χ2n) is 6.20. The number of anilines is 1. The molecule has 6 heteroatoms. The van der Waals surface area contributed by atoms with E-state index in [1.165, 1.54) is 0 Å². The summed E-state index contributed by atoms with van der Waals surface area (Å²) < 4.78 is 0. The van der Waals surface area contributed by atoms with Gasteiger partial charge in [0.1, 0.15) is 0 Å². The number of nitrogens with one attached hydrogen (secondary N) is 2. The molecule has 1 aliphatic heterocycles. The number of carbonyl (C=O) groups is 2. The largest absolute Gasteiger partial charge is 0.352 e. The molecule has 0 radical (unpaired) electrons. The maximum absolute atomic E-state index is 12.4. The molecule has 3 aromatic rings. The second-order valence-corrected chi connectivity index (χ2v) is 6.20. The van der Waals surface area contributed by atoms with E-state index in [-0.39, 0.29) is 24.2 Å². The van der Waals surface area contributed by atoms with Gasteiger partial charge in [0, 0.05) is 24.9 Å². The standard InChI is InChI=1S/C19H18N4O2/c24-17-10-14(19(25)20-11-13-6-2-1-3-7-13)12-23(17)18-15-8-4-5-9-16(15)21-22-18/h1-9,14H,10-12H2,(H,20,25)(H,21,22)/t14-/m1/s1. The Kier molecular flexibility index (Phi) is 3.93. The Labute approximate surface area is 144 Å². The van der Waals surface area contributed by atoms with E-state index in [2.05, 4.69) is 15.5 Å². The van der Waals surface area contributed by atoms with Gasteiger partial charge in [-0.3, -0.25) is 19.6 Å². The zero-order valence-corrected chi connectivity index (χ0v) is 13.6. The van der Waals surface area contributed by atoms with Gasteiger partial charge in [-0.25, -0.2) is 0 Å². The van der Waals surface area contributed by atoms with Crippen molar-refractivity contribution < 1.29 is 9.59 Å². The predicted molar refractivity (Wildman–Crippen MR) is 94.8 cm³/mol. The number of nitrogens with zero attached hydrogens (tertiary/aromatic N) is 2. The van der Waals surface area contributed by atoms with Crippen molar-refractivity contribution in [1.82, 2.24) is 15.5 Å². The van der Waals surface area contributed by atoms with Crippen molar-refractivity contribution in [2.24, 2.45) is 5.92 Å². The Morgan fingerprint density at radius 3 is 2.76 bits per heavy atom. The summed E-state index contributed by atoms with van der Waals surface area (Å²) in [5.41, 5.74) is 1.91. The first-order valence-electron chi connectivity index (χ1n) is 8.27. The van der Waals surface area contributed by atoms with Crippen LogP contribution in [-0.4, -0.2) is 28.6 Å². The number of H-pyrrole nitrogens is 1.